The molecule has 0 heterocycles. The maximum atomic E-state index is 9.63. The van der Waals surface area contributed by atoms with Crippen LogP contribution >= 0.6 is 45.6 Å². The van der Waals surface area contributed by atoms with Crippen LogP contribution in [0.5, 0.6) is 0 Å². The summed E-state index contributed by atoms with van der Waals surface area (Å²) >= 11 is 0. The molecule has 32 heavy (non-hydrogen) atoms. The van der Waals surface area contributed by atoms with Crippen molar-refractivity contribution in [2.24, 2.45) is 0 Å². The van der Waals surface area contributed by atoms with Crippen LogP contribution in [-0.2, 0) is 27.4 Å². The Morgan fingerprint density at radius 2 is 0.406 bits per heavy atom. The molecule has 0 saturated heterocycles. The minimum atomic E-state index is -5.71. The quantitative estimate of drug-likeness (QED) is 0.208. The second-order valence-electron chi connectivity index (χ2n) is 4.28. The van der Waals surface area contributed by atoms with Crippen LogP contribution in [0.15, 0.2) is 0 Å². The average molecular weight is 1040 g/mol. The van der Waals surface area contributed by atoms with E-state index in [2.05, 4.69) is 0 Å². The Hall–Kier alpha value is 2.88. The first-order valence-corrected chi connectivity index (χ1v) is 15.3. The van der Waals surface area contributed by atoms with Gasteiger partial charge in [0, 0.05) is 62.2 Å². The van der Waals surface area contributed by atoms with Crippen molar-refractivity contribution in [1.82, 2.24) is 0 Å². The molecule has 0 aliphatic carbocycles. The molecule has 0 amide bonds. The molecule has 0 aromatic rings. The largest absolute Gasteiger partial charge is 0.809 e. The van der Waals surface area contributed by atoms with Gasteiger partial charge < -0.3 is 101 Å². The molecule has 3 N–H and O–H groups in total. The van der Waals surface area contributed by atoms with E-state index in [0.717, 1.165) is 0 Å². The molecular weight excluding hydrogens is 1030 g/mol. The smallest absolute Gasteiger partial charge is 0.107 e. The molecule has 194 valence electrons. The van der Waals surface area contributed by atoms with E-state index in [1.807, 2.05) is 0 Å². The predicted octanol–water partition coefficient (Wildman–Crippen LogP) is -11.7. The predicted molar refractivity (Wildman–Crippen MR) is 63.7 cm³/mol. The van der Waals surface area contributed by atoms with Gasteiger partial charge in [-0.3, -0.25) is 0 Å². The van der Waals surface area contributed by atoms with Crippen LogP contribution in [0.2, 0.25) is 0 Å². The summed E-state index contributed by atoms with van der Waals surface area (Å²) in [5, 5.41) is 23.8. The second kappa shape index (κ2) is 16.0. The van der Waals surface area contributed by atoms with Crippen LogP contribution in [-0.4, -0.2) is 32.1 Å². The first-order valence-electron chi connectivity index (χ1n) is 5.61. The second-order valence-corrected chi connectivity index (χ2v) is 14.9. The Balaban J connectivity index is -0.000000110. The maximum Gasteiger partial charge on any atom is 0.107 e. The third-order valence-electron chi connectivity index (χ3n) is 1.70. The van der Waals surface area contributed by atoms with Gasteiger partial charge in [-0.05, 0) is 45.6 Å². The Morgan fingerprint density at radius 1 is 0.344 bits per heavy atom. The molecule has 0 unspecified atom stereocenters. The zero-order valence-corrected chi connectivity index (χ0v) is 27.8. The molecule has 21 nitrogen and oxygen atoms in total. The molecule has 0 spiro atoms. The fourth-order valence-electron chi connectivity index (χ4n) is 0.520. The van der Waals surface area contributed by atoms with E-state index in [0.29, 0.717) is 0 Å². The molecule has 0 aliphatic rings. The number of rotatable bonds is 6. The average Bonchev–Trinajstić information content (AvgIpc) is 2.40. The summed E-state index contributed by atoms with van der Waals surface area (Å²) in [4.78, 5) is 116. The zero-order chi connectivity index (χ0) is 25.7. The Morgan fingerprint density at radius 3 is 0.406 bits per heavy atom. The molecule has 0 radical (unpaired) electrons. The van der Waals surface area contributed by atoms with E-state index in [1.54, 1.807) is 0 Å². The molecule has 0 aliphatic heterocycles. The monoisotopic (exact) mass is 1040 g/mol. The van der Waals surface area contributed by atoms with Crippen LogP contribution in [0, 0.1) is 62.2 Å². The van der Waals surface area contributed by atoms with Crippen molar-refractivity contribution >= 4 is 45.6 Å². The number of aliphatic hydroxyl groups is 3. The topological polar surface area (TPSA) is 440 Å². The molecule has 0 aromatic heterocycles. The number of hydrogen-bond acceptors (Lipinski definition) is 21. The van der Waals surface area contributed by atoms with Gasteiger partial charge in [-0.15, -0.1) is 0 Å². The molecule has 0 rings (SSSR count). The van der Waals surface area contributed by atoms with Gasteiger partial charge in [-0.1, -0.05) is 0 Å². The SMILES string of the molecule is O=P([O-])([O-])C(O)P(=O)([O-])[O-].O=P([O-])([O-])C(O)P(=O)([O-])[O-].O=P([O-])([O-])C(O)P(=O)([O-])[O-].[U].[U]. The molecular formula is C3H6O21P6U2-12. The number of hydrogen-bond donors (Lipinski definition) is 3. The minimum absolute atomic E-state index is 0. The summed E-state index contributed by atoms with van der Waals surface area (Å²) < 4.78 is 57.8. The van der Waals surface area contributed by atoms with E-state index in [1.165, 1.54) is 0 Å². The third kappa shape index (κ3) is 22.1. The maximum absolute atomic E-state index is 9.63. The van der Waals surface area contributed by atoms with Gasteiger partial charge in [-0.25, -0.2) is 0 Å². The standard InChI is InChI=1S/3CH6O7P2.2U/c3*2-1(9(3,4)5)10(6,7)8;;/h3*1-2H,(H2,3,4,5)(H2,6,7,8);;/p-12. The Labute approximate surface area is 224 Å². The van der Waals surface area contributed by atoms with E-state index >= 15 is 0 Å². The summed E-state index contributed by atoms with van der Waals surface area (Å²) in [6.45, 7) is 0. The Kier molecular flexibility index (Phi) is 22.4. The summed E-state index contributed by atoms with van der Waals surface area (Å²) in [5.74, 6) is 0. The normalized spacial score (nSPS) is 13.3. The molecule has 0 atom stereocenters. The molecule has 0 fully saturated rings. The molecule has 0 bridgehead atoms. The van der Waals surface area contributed by atoms with Gasteiger partial charge >= 0.3 is 0 Å². The summed E-state index contributed by atoms with van der Waals surface area (Å²) in [7, 11) is -34.3. The van der Waals surface area contributed by atoms with Crippen molar-refractivity contribution in [2.45, 2.75) is 16.8 Å². The van der Waals surface area contributed by atoms with Gasteiger partial charge in [0.15, 0.2) is 0 Å². The van der Waals surface area contributed by atoms with Crippen molar-refractivity contribution in [2.75, 3.05) is 0 Å². The van der Waals surface area contributed by atoms with Gasteiger partial charge in [0.1, 0.15) is 16.8 Å². The van der Waals surface area contributed by atoms with Crippen LogP contribution in [0.25, 0.3) is 0 Å². The zero-order valence-electron chi connectivity index (χ0n) is 14.1. The van der Waals surface area contributed by atoms with E-state index in [4.69, 9.17) is 15.3 Å². The molecule has 29 heteroatoms. The summed E-state index contributed by atoms with van der Waals surface area (Å²) in [6, 6.07) is 0. The first kappa shape index (κ1) is 44.8. The van der Waals surface area contributed by atoms with Crippen molar-refractivity contribution < 1.29 is 164 Å². The Bertz CT molecular complexity index is 641. The van der Waals surface area contributed by atoms with Gasteiger partial charge in [0.05, 0.1) is 0 Å². The van der Waals surface area contributed by atoms with Crippen LogP contribution < -0.4 is 58.7 Å². The summed E-state index contributed by atoms with van der Waals surface area (Å²) in [6.07, 6.45) is 0. The number of aliphatic hydroxyl groups excluding tert-OH is 3. The minimum Gasteiger partial charge on any atom is -0.809 e. The fourth-order valence-corrected chi connectivity index (χ4v) is 4.68. The van der Waals surface area contributed by atoms with E-state index in [9.17, 15) is 86.1 Å². The van der Waals surface area contributed by atoms with Crippen LogP contribution in [0.1, 0.15) is 0 Å². The van der Waals surface area contributed by atoms with Crippen molar-refractivity contribution in [3.8, 4) is 0 Å². The summed E-state index contributed by atoms with van der Waals surface area (Å²) in [5.41, 5.74) is -10.0. The van der Waals surface area contributed by atoms with Gasteiger partial charge in [0.25, 0.3) is 0 Å². The van der Waals surface area contributed by atoms with E-state index < -0.39 is 62.3 Å². The van der Waals surface area contributed by atoms with Crippen LogP contribution in [0.4, 0.5) is 0 Å². The van der Waals surface area contributed by atoms with E-state index in [-0.39, 0.29) is 62.2 Å². The van der Waals surface area contributed by atoms with Gasteiger partial charge in [0.2, 0.25) is 0 Å². The van der Waals surface area contributed by atoms with Crippen molar-refractivity contribution in [3.05, 3.63) is 0 Å². The third-order valence-corrected chi connectivity index (χ3v) is 10.2. The van der Waals surface area contributed by atoms with Crippen LogP contribution in [0.3, 0.4) is 0 Å². The van der Waals surface area contributed by atoms with Crippen molar-refractivity contribution in [3.63, 3.8) is 0 Å². The van der Waals surface area contributed by atoms with Crippen molar-refractivity contribution in [1.29, 1.82) is 0 Å². The van der Waals surface area contributed by atoms with Gasteiger partial charge in [-0.2, -0.15) is 0 Å². The molecule has 0 saturated carbocycles. The first-order chi connectivity index (χ1) is 12.5. The fraction of sp³-hybridized carbons (Fsp3) is 1.00. The molecule has 0 aromatic carbocycles.